The molecule has 0 atom stereocenters. The van der Waals surface area contributed by atoms with Crippen LogP contribution in [0.15, 0.2) is 146 Å². The molecule has 0 amide bonds. The van der Waals surface area contributed by atoms with Crippen molar-refractivity contribution in [2.75, 3.05) is 0 Å². The Bertz CT molecular complexity index is 2270. The monoisotopic (exact) mass is 695 g/mol. The summed E-state index contributed by atoms with van der Waals surface area (Å²) in [6.45, 7) is 0. The van der Waals surface area contributed by atoms with Crippen molar-refractivity contribution < 1.29 is 19.5 Å². The van der Waals surface area contributed by atoms with Gasteiger partial charge in [0.25, 0.3) is 0 Å². The molecule has 225 valence electrons. The Hall–Kier alpha value is -5.92. The molecule has 9 heteroatoms. The molecule has 0 unspecified atom stereocenters. The number of nitrogens with one attached hydrogen (secondary N) is 1. The van der Waals surface area contributed by atoms with Crippen molar-refractivity contribution in [1.29, 1.82) is 0 Å². The third-order valence-electron chi connectivity index (χ3n) is 7.62. The SMILES string of the molecule is [Ru+].c1ccc2[n-]c(-c3nc4ccccc4[nH]3)nc2c1.c1cnc2c(c1)ccc1cccnc12.c1cnc2c(c1)ccc1cccnc12. The molecule has 6 aromatic heterocycles. The zero-order chi connectivity index (χ0) is 30.7. The third-order valence-corrected chi connectivity index (χ3v) is 7.62. The summed E-state index contributed by atoms with van der Waals surface area (Å²) in [6.07, 6.45) is 7.21. The number of H-pyrrole nitrogens is 1. The van der Waals surface area contributed by atoms with Crippen LogP contribution in [-0.2, 0) is 19.5 Å². The minimum absolute atomic E-state index is 0. The average molecular weight is 695 g/mol. The number of nitrogens with zero attached hydrogens (tertiary/aromatic N) is 7. The number of benzene rings is 4. The molecule has 0 spiro atoms. The number of aromatic amines is 1. The van der Waals surface area contributed by atoms with Gasteiger partial charge < -0.3 is 15.0 Å². The Morgan fingerprint density at radius 2 is 0.872 bits per heavy atom. The second kappa shape index (κ2) is 13.2. The number of rotatable bonds is 1. The Balaban J connectivity index is 0.000000112. The van der Waals surface area contributed by atoms with Crippen LogP contribution >= 0.6 is 0 Å². The van der Waals surface area contributed by atoms with E-state index in [2.05, 4.69) is 88.4 Å². The molecule has 0 aliphatic rings. The molecule has 0 fully saturated rings. The smallest absolute Gasteiger partial charge is 0.433 e. The number of fused-ring (bicyclic) bond motifs is 8. The number of aromatic nitrogens is 8. The standard InChI is InChI=1S/C14H9N4.2C12H8N2.Ru/c1-2-6-10-9(5-1)15-13(16-10)14-17-11-7-3-4-8-12(11)18-14;2*1-3-9-5-6-10-4-2-8-14-12(10)11(9)13-7-1;/h1-8H,(H-,15,16,17,18);2*1-8H;/q-1;;;+1. The molecule has 0 saturated heterocycles. The fourth-order valence-corrected chi connectivity index (χ4v) is 5.43. The van der Waals surface area contributed by atoms with Crippen LogP contribution < -0.4 is 4.98 Å². The first-order valence-electron chi connectivity index (χ1n) is 14.8. The van der Waals surface area contributed by atoms with E-state index in [0.717, 1.165) is 65.7 Å². The second-order valence-corrected chi connectivity index (χ2v) is 10.6. The molecule has 10 aromatic rings. The van der Waals surface area contributed by atoms with E-state index >= 15 is 0 Å². The van der Waals surface area contributed by atoms with Gasteiger partial charge in [-0.3, -0.25) is 19.9 Å². The Morgan fingerprint density at radius 1 is 0.426 bits per heavy atom. The molecule has 0 bridgehead atoms. The zero-order valence-electron chi connectivity index (χ0n) is 24.8. The van der Waals surface area contributed by atoms with Gasteiger partial charge >= 0.3 is 19.5 Å². The molecular formula is C38H25N8Ru. The van der Waals surface area contributed by atoms with E-state index in [0.29, 0.717) is 11.6 Å². The van der Waals surface area contributed by atoms with Crippen molar-refractivity contribution in [2.24, 2.45) is 0 Å². The van der Waals surface area contributed by atoms with Crippen molar-refractivity contribution in [3.63, 3.8) is 0 Å². The largest absolute Gasteiger partial charge is 1.00 e. The molecule has 0 aliphatic heterocycles. The summed E-state index contributed by atoms with van der Waals surface area (Å²) >= 11 is 0. The van der Waals surface area contributed by atoms with Crippen molar-refractivity contribution in [1.82, 2.24) is 39.9 Å². The quantitative estimate of drug-likeness (QED) is 0.136. The number of para-hydroxylation sites is 4. The van der Waals surface area contributed by atoms with Crippen molar-refractivity contribution >= 4 is 65.7 Å². The number of pyridine rings is 4. The molecule has 1 N–H and O–H groups in total. The molecule has 0 aliphatic carbocycles. The van der Waals surface area contributed by atoms with E-state index < -0.39 is 0 Å². The van der Waals surface area contributed by atoms with Gasteiger partial charge in [-0.1, -0.05) is 84.9 Å². The molecule has 4 aromatic carbocycles. The van der Waals surface area contributed by atoms with Gasteiger partial charge in [0, 0.05) is 46.3 Å². The van der Waals surface area contributed by atoms with Crippen LogP contribution in [0, 0.1) is 0 Å². The third kappa shape index (κ3) is 6.04. The van der Waals surface area contributed by atoms with Crippen LogP contribution in [0.2, 0.25) is 0 Å². The molecule has 47 heavy (non-hydrogen) atoms. The maximum absolute atomic E-state index is 4.50. The predicted octanol–water partition coefficient (Wildman–Crippen LogP) is 8.30. The maximum atomic E-state index is 4.50. The molecule has 8 nitrogen and oxygen atoms in total. The van der Waals surface area contributed by atoms with E-state index in [1.807, 2.05) is 72.8 Å². The van der Waals surface area contributed by atoms with Crippen LogP contribution in [0.25, 0.3) is 77.3 Å². The topological polar surface area (TPSA) is 107 Å². The van der Waals surface area contributed by atoms with Gasteiger partial charge in [0.05, 0.1) is 33.1 Å². The second-order valence-electron chi connectivity index (χ2n) is 10.6. The Kier molecular flexibility index (Phi) is 8.37. The minimum atomic E-state index is 0. The molecule has 6 heterocycles. The van der Waals surface area contributed by atoms with E-state index in [-0.39, 0.29) is 19.5 Å². The van der Waals surface area contributed by atoms with Crippen LogP contribution in [0.5, 0.6) is 0 Å². The zero-order valence-corrected chi connectivity index (χ0v) is 26.6. The van der Waals surface area contributed by atoms with E-state index in [1.54, 1.807) is 24.8 Å². The molecule has 10 rings (SSSR count). The number of imidazole rings is 2. The van der Waals surface area contributed by atoms with Crippen LogP contribution in [0.4, 0.5) is 0 Å². The predicted molar refractivity (Wildman–Crippen MR) is 184 cm³/mol. The normalized spacial score (nSPS) is 10.8. The first-order valence-corrected chi connectivity index (χ1v) is 14.8. The van der Waals surface area contributed by atoms with Gasteiger partial charge in [0.2, 0.25) is 0 Å². The first-order chi connectivity index (χ1) is 22.8. The van der Waals surface area contributed by atoms with Crippen LogP contribution in [0.1, 0.15) is 0 Å². The summed E-state index contributed by atoms with van der Waals surface area (Å²) in [6, 6.07) is 40.0. The first kappa shape index (κ1) is 29.8. The molecule has 0 saturated carbocycles. The van der Waals surface area contributed by atoms with Crippen LogP contribution in [0.3, 0.4) is 0 Å². The summed E-state index contributed by atoms with van der Waals surface area (Å²) in [5, 5.41) is 4.55. The average Bonchev–Trinajstić information content (AvgIpc) is 3.77. The van der Waals surface area contributed by atoms with Crippen molar-refractivity contribution in [3.8, 4) is 11.6 Å². The van der Waals surface area contributed by atoms with Gasteiger partial charge in [0.1, 0.15) is 5.82 Å². The summed E-state index contributed by atoms with van der Waals surface area (Å²) in [5.74, 6) is 1.36. The van der Waals surface area contributed by atoms with Gasteiger partial charge in [0.15, 0.2) is 0 Å². The Labute approximate surface area is 281 Å². The van der Waals surface area contributed by atoms with E-state index in [1.165, 1.54) is 0 Å². The van der Waals surface area contributed by atoms with E-state index in [4.69, 9.17) is 0 Å². The van der Waals surface area contributed by atoms with Crippen molar-refractivity contribution in [3.05, 3.63) is 146 Å². The minimum Gasteiger partial charge on any atom is -0.433 e. The number of hydrogen-bond donors (Lipinski definition) is 1. The number of hydrogen-bond acceptors (Lipinski definition) is 6. The van der Waals surface area contributed by atoms with Gasteiger partial charge in [-0.25, -0.2) is 4.98 Å². The summed E-state index contributed by atoms with van der Waals surface area (Å²) < 4.78 is 0. The van der Waals surface area contributed by atoms with E-state index in [9.17, 15) is 0 Å². The fourth-order valence-electron chi connectivity index (χ4n) is 5.43. The van der Waals surface area contributed by atoms with Crippen LogP contribution in [-0.4, -0.2) is 34.9 Å². The van der Waals surface area contributed by atoms with Crippen molar-refractivity contribution in [2.45, 2.75) is 0 Å². The van der Waals surface area contributed by atoms with Gasteiger partial charge in [-0.15, -0.1) is 0 Å². The summed E-state index contributed by atoms with van der Waals surface area (Å²) in [5.41, 5.74) is 7.64. The van der Waals surface area contributed by atoms with Gasteiger partial charge in [-0.2, -0.15) is 0 Å². The summed E-state index contributed by atoms with van der Waals surface area (Å²) in [7, 11) is 0. The molecular weight excluding hydrogens is 670 g/mol. The summed E-state index contributed by atoms with van der Waals surface area (Å²) in [4.78, 5) is 34.1. The Morgan fingerprint density at radius 3 is 1.34 bits per heavy atom. The fraction of sp³-hybridized carbons (Fsp3) is 0. The molecule has 1 radical (unpaired) electrons. The maximum Gasteiger partial charge on any atom is 1.00 e. The van der Waals surface area contributed by atoms with Gasteiger partial charge in [-0.05, 0) is 53.3 Å².